The fourth-order valence-electron chi connectivity index (χ4n) is 2.22. The molecule has 1 unspecified atom stereocenters. The van der Waals surface area contributed by atoms with Gasteiger partial charge in [0.15, 0.2) is 5.65 Å². The van der Waals surface area contributed by atoms with Gasteiger partial charge in [0.1, 0.15) is 0 Å². The van der Waals surface area contributed by atoms with Crippen molar-refractivity contribution in [1.29, 1.82) is 0 Å². The number of ether oxygens (including phenoxy) is 2. The molecule has 1 atom stereocenters. The van der Waals surface area contributed by atoms with Gasteiger partial charge in [0.2, 0.25) is 5.82 Å². The molecule has 7 nitrogen and oxygen atoms in total. The normalized spacial score (nSPS) is 19.1. The molecule has 1 saturated heterocycles. The molecular formula is C13H16N4O3. The molecular weight excluding hydrogens is 260 g/mol. The molecule has 2 aromatic heterocycles. The van der Waals surface area contributed by atoms with E-state index in [0.29, 0.717) is 18.9 Å². The average molecular weight is 276 g/mol. The van der Waals surface area contributed by atoms with Gasteiger partial charge in [0.25, 0.3) is 0 Å². The molecule has 7 heteroatoms. The highest BCUT2D eigenvalue weighted by atomic mass is 16.5. The Morgan fingerprint density at radius 2 is 2.50 bits per heavy atom. The summed E-state index contributed by atoms with van der Waals surface area (Å²) in [6.07, 6.45) is 1.78. The van der Waals surface area contributed by atoms with Crippen LogP contribution in [0.15, 0.2) is 18.3 Å². The maximum Gasteiger partial charge on any atom is 0.376 e. The molecule has 0 amide bonds. The number of rotatable bonds is 3. The molecule has 1 aliphatic rings. The molecule has 0 aromatic carbocycles. The van der Waals surface area contributed by atoms with Gasteiger partial charge in [0.05, 0.1) is 19.3 Å². The lowest BCUT2D eigenvalue weighted by atomic mass is 10.1. The summed E-state index contributed by atoms with van der Waals surface area (Å²) >= 11 is 0. The Hall–Kier alpha value is -1.99. The van der Waals surface area contributed by atoms with E-state index in [-0.39, 0.29) is 11.9 Å². The van der Waals surface area contributed by atoms with Crippen molar-refractivity contribution in [3.05, 3.63) is 29.7 Å². The summed E-state index contributed by atoms with van der Waals surface area (Å²) in [6.45, 7) is 4.41. The zero-order chi connectivity index (χ0) is 13.9. The van der Waals surface area contributed by atoms with Crippen molar-refractivity contribution < 1.29 is 14.3 Å². The summed E-state index contributed by atoms with van der Waals surface area (Å²) in [5.74, 6) is -0.278. The first-order chi connectivity index (χ1) is 9.79. The van der Waals surface area contributed by atoms with Crippen LogP contribution in [0.4, 0.5) is 0 Å². The molecule has 1 aliphatic heterocycles. The van der Waals surface area contributed by atoms with Crippen LogP contribution in [0.2, 0.25) is 0 Å². The van der Waals surface area contributed by atoms with E-state index in [1.165, 1.54) is 0 Å². The van der Waals surface area contributed by atoms with Crippen LogP contribution in [0.1, 0.15) is 29.2 Å². The van der Waals surface area contributed by atoms with E-state index < -0.39 is 5.97 Å². The summed E-state index contributed by atoms with van der Waals surface area (Å²) in [5.41, 5.74) is 1.63. The number of carbonyl (C=O) groups excluding carboxylic acids is 1. The van der Waals surface area contributed by atoms with Crippen molar-refractivity contribution in [2.75, 3.05) is 26.3 Å². The molecule has 1 N–H and O–H groups in total. The van der Waals surface area contributed by atoms with Crippen LogP contribution in [0.5, 0.6) is 0 Å². The molecule has 0 bridgehead atoms. The van der Waals surface area contributed by atoms with Crippen molar-refractivity contribution >= 4 is 11.6 Å². The van der Waals surface area contributed by atoms with Gasteiger partial charge in [-0.3, -0.25) is 4.40 Å². The van der Waals surface area contributed by atoms with Crippen LogP contribution in [-0.2, 0) is 9.47 Å². The number of nitrogens with one attached hydrogen (secondary N) is 1. The fraction of sp³-hybridized carbons (Fsp3) is 0.462. The van der Waals surface area contributed by atoms with Crippen LogP contribution < -0.4 is 5.32 Å². The minimum atomic E-state index is -0.469. The van der Waals surface area contributed by atoms with Crippen LogP contribution in [0, 0.1) is 0 Å². The zero-order valence-electron chi connectivity index (χ0n) is 11.2. The Morgan fingerprint density at radius 1 is 1.60 bits per heavy atom. The van der Waals surface area contributed by atoms with Gasteiger partial charge in [-0.25, -0.2) is 4.79 Å². The van der Waals surface area contributed by atoms with Crippen molar-refractivity contribution in [3.8, 4) is 0 Å². The first-order valence-corrected chi connectivity index (χ1v) is 6.63. The summed E-state index contributed by atoms with van der Waals surface area (Å²) in [4.78, 5) is 11.7. The van der Waals surface area contributed by atoms with E-state index >= 15 is 0 Å². The van der Waals surface area contributed by atoms with Crippen LogP contribution in [0.25, 0.3) is 5.65 Å². The van der Waals surface area contributed by atoms with Gasteiger partial charge >= 0.3 is 5.97 Å². The predicted molar refractivity (Wildman–Crippen MR) is 70.5 cm³/mol. The van der Waals surface area contributed by atoms with Gasteiger partial charge in [-0.15, -0.1) is 10.2 Å². The number of pyridine rings is 1. The third-order valence-corrected chi connectivity index (χ3v) is 3.19. The number of esters is 1. The highest BCUT2D eigenvalue weighted by Crippen LogP contribution is 2.20. The fourth-order valence-corrected chi connectivity index (χ4v) is 2.22. The van der Waals surface area contributed by atoms with Crippen molar-refractivity contribution in [1.82, 2.24) is 19.9 Å². The van der Waals surface area contributed by atoms with Gasteiger partial charge in [-0.1, -0.05) is 0 Å². The van der Waals surface area contributed by atoms with E-state index in [9.17, 15) is 4.79 Å². The Labute approximate surface area is 115 Å². The number of aromatic nitrogens is 3. The number of nitrogens with zero attached hydrogens (tertiary/aromatic N) is 3. The van der Waals surface area contributed by atoms with Crippen LogP contribution >= 0.6 is 0 Å². The molecule has 1 fully saturated rings. The van der Waals surface area contributed by atoms with E-state index in [4.69, 9.17) is 9.47 Å². The first kappa shape index (κ1) is 13.0. The second-order valence-electron chi connectivity index (χ2n) is 4.50. The smallest absolute Gasteiger partial charge is 0.376 e. The third kappa shape index (κ3) is 2.37. The number of carbonyl (C=O) groups is 1. The van der Waals surface area contributed by atoms with E-state index in [0.717, 1.165) is 18.7 Å². The highest BCUT2D eigenvalue weighted by molar-refractivity contribution is 5.86. The van der Waals surface area contributed by atoms with Gasteiger partial charge < -0.3 is 14.8 Å². The molecule has 0 saturated carbocycles. The minimum Gasteiger partial charge on any atom is -0.460 e. The minimum absolute atomic E-state index is 0.0106. The van der Waals surface area contributed by atoms with E-state index in [2.05, 4.69) is 15.5 Å². The number of hydrogen-bond acceptors (Lipinski definition) is 6. The lowest BCUT2D eigenvalue weighted by molar-refractivity contribution is 0.0277. The maximum atomic E-state index is 11.7. The molecule has 0 aliphatic carbocycles. The maximum absolute atomic E-state index is 11.7. The molecule has 2 aromatic rings. The summed E-state index contributed by atoms with van der Waals surface area (Å²) < 4.78 is 12.3. The van der Waals surface area contributed by atoms with Crippen LogP contribution in [0.3, 0.4) is 0 Å². The van der Waals surface area contributed by atoms with Gasteiger partial charge in [0, 0.05) is 19.3 Å². The second kappa shape index (κ2) is 5.56. The molecule has 3 heterocycles. The highest BCUT2D eigenvalue weighted by Gasteiger charge is 2.19. The number of morpholine rings is 1. The Balaban J connectivity index is 1.91. The summed E-state index contributed by atoms with van der Waals surface area (Å²) in [6, 6.07) is 3.80. The molecule has 20 heavy (non-hydrogen) atoms. The largest absolute Gasteiger partial charge is 0.460 e. The Kier molecular flexibility index (Phi) is 3.62. The van der Waals surface area contributed by atoms with E-state index in [1.54, 1.807) is 17.5 Å². The predicted octanol–water partition coefficient (Wildman–Crippen LogP) is 0.567. The Bertz CT molecular complexity index is 619. The SMILES string of the molecule is CCOC(=O)c1nnc2cc(C3CNCCO3)ccn12. The number of fused-ring (bicyclic) bond motifs is 1. The summed E-state index contributed by atoms with van der Waals surface area (Å²) in [5, 5.41) is 11.2. The van der Waals surface area contributed by atoms with Crippen LogP contribution in [-0.4, -0.2) is 46.9 Å². The Morgan fingerprint density at radius 3 is 3.25 bits per heavy atom. The lowest BCUT2D eigenvalue weighted by Gasteiger charge is -2.23. The zero-order valence-corrected chi connectivity index (χ0v) is 11.2. The second-order valence-corrected chi connectivity index (χ2v) is 4.50. The van der Waals surface area contributed by atoms with Crippen molar-refractivity contribution in [2.45, 2.75) is 13.0 Å². The molecule has 106 valence electrons. The number of hydrogen-bond donors (Lipinski definition) is 1. The monoisotopic (exact) mass is 276 g/mol. The molecule has 0 spiro atoms. The first-order valence-electron chi connectivity index (χ1n) is 6.63. The van der Waals surface area contributed by atoms with Crippen molar-refractivity contribution in [2.24, 2.45) is 0 Å². The summed E-state index contributed by atoms with van der Waals surface area (Å²) in [7, 11) is 0. The quantitative estimate of drug-likeness (QED) is 0.826. The van der Waals surface area contributed by atoms with Gasteiger partial charge in [-0.2, -0.15) is 0 Å². The topological polar surface area (TPSA) is 77.8 Å². The third-order valence-electron chi connectivity index (χ3n) is 3.19. The molecule has 3 rings (SSSR count). The molecule has 0 radical (unpaired) electrons. The lowest BCUT2D eigenvalue weighted by Crippen LogP contribution is -2.33. The van der Waals surface area contributed by atoms with Gasteiger partial charge in [-0.05, 0) is 24.6 Å². The average Bonchev–Trinajstić information content (AvgIpc) is 2.91. The standard InChI is InChI=1S/C13H16N4O3/c1-2-19-13(18)12-16-15-11-7-9(3-5-17(11)12)10-8-14-4-6-20-10/h3,5,7,10,14H,2,4,6,8H2,1H3. The van der Waals surface area contributed by atoms with Crippen molar-refractivity contribution in [3.63, 3.8) is 0 Å². The van der Waals surface area contributed by atoms with E-state index in [1.807, 2.05) is 12.1 Å².